The highest BCUT2D eigenvalue weighted by Crippen LogP contribution is 2.29. The SMILES string of the molecule is C=CC(=O)N1CCN(C[C@H](Oc2ccc3c(c2)CCN(C(=O)OC)C3)c2ccc(C)c(F)c2)C[C@H]1C. The Morgan fingerprint density at radius 1 is 1.17 bits per heavy atom. The number of piperazine rings is 1. The second-order valence-electron chi connectivity index (χ2n) is 9.53. The van der Waals surface area contributed by atoms with Gasteiger partial charge in [0.1, 0.15) is 17.7 Å². The summed E-state index contributed by atoms with van der Waals surface area (Å²) in [6.07, 6.45) is 1.35. The van der Waals surface area contributed by atoms with Gasteiger partial charge in [0.05, 0.1) is 7.11 Å². The summed E-state index contributed by atoms with van der Waals surface area (Å²) in [5.41, 5.74) is 3.55. The zero-order valence-electron chi connectivity index (χ0n) is 21.2. The van der Waals surface area contributed by atoms with Gasteiger partial charge in [-0.15, -0.1) is 0 Å². The maximum atomic E-state index is 14.5. The average Bonchev–Trinajstić information content (AvgIpc) is 2.88. The standard InChI is InChI=1S/C28H34FN3O4/c1-5-27(33)32-13-12-30(16-20(32)3)18-26(22-7-6-19(2)25(29)15-22)36-24-9-8-23-17-31(28(34)35-4)11-10-21(23)14-24/h5-9,14-15,20,26H,1,10-13,16-18H2,2-4H3/t20-,26+/m1/s1. The molecule has 0 unspecified atom stereocenters. The molecule has 7 nitrogen and oxygen atoms in total. The van der Waals surface area contributed by atoms with Gasteiger partial charge in [0.15, 0.2) is 0 Å². The Kier molecular flexibility index (Phi) is 7.94. The number of carbonyl (C=O) groups is 2. The molecule has 0 spiro atoms. The molecule has 2 atom stereocenters. The molecule has 2 heterocycles. The first-order valence-corrected chi connectivity index (χ1v) is 12.3. The Morgan fingerprint density at radius 3 is 2.67 bits per heavy atom. The molecule has 36 heavy (non-hydrogen) atoms. The number of carbonyl (C=O) groups excluding carboxylic acids is 2. The highest BCUT2D eigenvalue weighted by atomic mass is 19.1. The quantitative estimate of drug-likeness (QED) is 0.565. The molecule has 4 rings (SSSR count). The number of hydrogen-bond donors (Lipinski definition) is 0. The molecule has 0 N–H and O–H groups in total. The first-order valence-electron chi connectivity index (χ1n) is 12.3. The van der Waals surface area contributed by atoms with Crippen LogP contribution in [-0.2, 0) is 22.5 Å². The minimum Gasteiger partial charge on any atom is -0.484 e. The van der Waals surface area contributed by atoms with Gasteiger partial charge in [-0.2, -0.15) is 0 Å². The third-order valence-electron chi connectivity index (χ3n) is 7.06. The van der Waals surface area contributed by atoms with Crippen molar-refractivity contribution in [1.29, 1.82) is 0 Å². The van der Waals surface area contributed by atoms with Crippen LogP contribution < -0.4 is 4.74 Å². The van der Waals surface area contributed by atoms with Crippen molar-refractivity contribution in [2.24, 2.45) is 0 Å². The number of nitrogens with zero attached hydrogens (tertiary/aromatic N) is 3. The molecule has 2 aliphatic heterocycles. The molecular formula is C28H34FN3O4. The van der Waals surface area contributed by atoms with E-state index in [4.69, 9.17) is 9.47 Å². The van der Waals surface area contributed by atoms with Crippen LogP contribution in [-0.4, -0.2) is 72.6 Å². The van der Waals surface area contributed by atoms with Crippen LogP contribution in [0.15, 0.2) is 49.1 Å². The average molecular weight is 496 g/mol. The van der Waals surface area contributed by atoms with E-state index in [0.29, 0.717) is 57.0 Å². The molecule has 192 valence electrons. The number of aryl methyl sites for hydroxylation is 1. The minimum atomic E-state index is -0.387. The van der Waals surface area contributed by atoms with Crippen LogP contribution in [0.1, 0.15) is 35.3 Å². The predicted octanol–water partition coefficient (Wildman–Crippen LogP) is 4.10. The molecular weight excluding hydrogens is 461 g/mol. The van der Waals surface area contributed by atoms with E-state index in [9.17, 15) is 14.0 Å². The Hall–Kier alpha value is -3.39. The maximum Gasteiger partial charge on any atom is 0.409 e. The monoisotopic (exact) mass is 495 g/mol. The largest absolute Gasteiger partial charge is 0.484 e. The number of fused-ring (bicyclic) bond motifs is 1. The van der Waals surface area contributed by atoms with E-state index >= 15 is 0 Å². The maximum absolute atomic E-state index is 14.5. The van der Waals surface area contributed by atoms with Crippen LogP contribution >= 0.6 is 0 Å². The lowest BCUT2D eigenvalue weighted by Gasteiger charge is -2.40. The first-order chi connectivity index (χ1) is 17.3. The first kappa shape index (κ1) is 25.7. The van der Waals surface area contributed by atoms with E-state index < -0.39 is 0 Å². The highest BCUT2D eigenvalue weighted by Gasteiger charge is 2.29. The van der Waals surface area contributed by atoms with Gasteiger partial charge < -0.3 is 19.3 Å². The second kappa shape index (κ2) is 11.1. The van der Waals surface area contributed by atoms with Crippen molar-refractivity contribution < 1.29 is 23.5 Å². The van der Waals surface area contributed by atoms with Gasteiger partial charge in [-0.05, 0) is 66.8 Å². The third kappa shape index (κ3) is 5.70. The number of rotatable bonds is 6. The Bertz CT molecular complexity index is 1140. The molecule has 2 aliphatic rings. The summed E-state index contributed by atoms with van der Waals surface area (Å²) in [6, 6.07) is 11.2. The molecule has 2 aromatic rings. The lowest BCUT2D eigenvalue weighted by atomic mass is 9.99. The summed E-state index contributed by atoms with van der Waals surface area (Å²) in [4.78, 5) is 29.8. The van der Waals surface area contributed by atoms with Gasteiger partial charge >= 0.3 is 6.09 Å². The minimum absolute atomic E-state index is 0.0427. The van der Waals surface area contributed by atoms with Crippen molar-refractivity contribution >= 4 is 12.0 Å². The van der Waals surface area contributed by atoms with E-state index in [0.717, 1.165) is 16.7 Å². The number of methoxy groups -OCH3 is 1. The van der Waals surface area contributed by atoms with Gasteiger partial charge in [0.2, 0.25) is 5.91 Å². The van der Waals surface area contributed by atoms with E-state index in [-0.39, 0.29) is 30.0 Å². The molecule has 0 aromatic heterocycles. The lowest BCUT2D eigenvalue weighted by Crippen LogP contribution is -2.54. The van der Waals surface area contributed by atoms with Crippen molar-refractivity contribution in [2.75, 3.05) is 39.8 Å². The van der Waals surface area contributed by atoms with Crippen molar-refractivity contribution in [3.8, 4) is 5.75 Å². The van der Waals surface area contributed by atoms with Crippen LogP contribution in [0.5, 0.6) is 5.75 Å². The zero-order chi connectivity index (χ0) is 25.8. The van der Waals surface area contributed by atoms with Crippen molar-refractivity contribution in [3.63, 3.8) is 0 Å². The van der Waals surface area contributed by atoms with Crippen molar-refractivity contribution in [1.82, 2.24) is 14.7 Å². The van der Waals surface area contributed by atoms with Crippen LogP contribution in [0.4, 0.5) is 9.18 Å². The fraction of sp³-hybridized carbons (Fsp3) is 0.429. The molecule has 0 aliphatic carbocycles. The molecule has 2 amide bonds. The highest BCUT2D eigenvalue weighted by molar-refractivity contribution is 5.87. The number of ether oxygens (including phenoxy) is 2. The molecule has 0 radical (unpaired) electrons. The normalized spacial score (nSPS) is 18.8. The lowest BCUT2D eigenvalue weighted by molar-refractivity contribution is -0.130. The smallest absolute Gasteiger partial charge is 0.409 e. The van der Waals surface area contributed by atoms with Gasteiger partial charge in [0.25, 0.3) is 0 Å². The number of amides is 2. The molecule has 0 saturated carbocycles. The molecule has 2 aromatic carbocycles. The number of hydrogen-bond acceptors (Lipinski definition) is 5. The Balaban J connectivity index is 1.52. The van der Waals surface area contributed by atoms with Gasteiger partial charge in [-0.25, -0.2) is 9.18 Å². The van der Waals surface area contributed by atoms with Gasteiger partial charge in [-0.1, -0.05) is 24.8 Å². The van der Waals surface area contributed by atoms with E-state index in [1.165, 1.54) is 13.2 Å². The topological polar surface area (TPSA) is 62.3 Å². The van der Waals surface area contributed by atoms with Crippen LogP contribution in [0.3, 0.4) is 0 Å². The van der Waals surface area contributed by atoms with Gasteiger partial charge in [-0.3, -0.25) is 9.69 Å². The summed E-state index contributed by atoms with van der Waals surface area (Å²) in [5.74, 6) is 0.388. The Morgan fingerprint density at radius 2 is 1.97 bits per heavy atom. The second-order valence-corrected chi connectivity index (χ2v) is 9.53. The third-order valence-corrected chi connectivity index (χ3v) is 7.06. The fourth-order valence-corrected chi connectivity index (χ4v) is 4.95. The summed E-state index contributed by atoms with van der Waals surface area (Å²) in [5, 5.41) is 0. The van der Waals surface area contributed by atoms with Gasteiger partial charge in [0, 0.05) is 45.3 Å². The molecule has 0 bridgehead atoms. The van der Waals surface area contributed by atoms with Crippen LogP contribution in [0.25, 0.3) is 0 Å². The summed E-state index contributed by atoms with van der Waals surface area (Å²) >= 11 is 0. The molecule has 1 fully saturated rings. The van der Waals surface area contributed by atoms with E-state index in [2.05, 4.69) is 11.5 Å². The fourth-order valence-electron chi connectivity index (χ4n) is 4.95. The molecule has 1 saturated heterocycles. The summed E-state index contributed by atoms with van der Waals surface area (Å²) in [6.45, 7) is 11.0. The molecule has 8 heteroatoms. The zero-order valence-corrected chi connectivity index (χ0v) is 21.2. The van der Waals surface area contributed by atoms with E-state index in [1.54, 1.807) is 24.0 Å². The number of halogens is 1. The van der Waals surface area contributed by atoms with Crippen LogP contribution in [0, 0.1) is 12.7 Å². The predicted molar refractivity (Wildman–Crippen MR) is 135 cm³/mol. The van der Waals surface area contributed by atoms with Crippen LogP contribution in [0.2, 0.25) is 0 Å². The summed E-state index contributed by atoms with van der Waals surface area (Å²) in [7, 11) is 1.39. The van der Waals surface area contributed by atoms with E-state index in [1.807, 2.05) is 36.1 Å². The number of benzene rings is 2. The summed E-state index contributed by atoms with van der Waals surface area (Å²) < 4.78 is 25.8. The van der Waals surface area contributed by atoms with Crippen molar-refractivity contribution in [3.05, 3.63) is 77.1 Å². The Labute approximate surface area is 212 Å². The van der Waals surface area contributed by atoms with Crippen molar-refractivity contribution in [2.45, 2.75) is 39.0 Å².